The Hall–Kier alpha value is -2.38. The minimum absolute atomic E-state index is 0.0455. The van der Waals surface area contributed by atoms with Crippen LogP contribution < -0.4 is 10.5 Å². The van der Waals surface area contributed by atoms with Gasteiger partial charge in [0.1, 0.15) is 18.0 Å². The van der Waals surface area contributed by atoms with Crippen LogP contribution in [-0.2, 0) is 14.4 Å². The third-order valence-electron chi connectivity index (χ3n) is 5.53. The van der Waals surface area contributed by atoms with Crippen LogP contribution in [0.5, 0.6) is 0 Å². The van der Waals surface area contributed by atoms with Crippen LogP contribution in [0.4, 0.5) is 4.39 Å². The lowest BCUT2D eigenvalue weighted by Crippen LogP contribution is -2.28. The van der Waals surface area contributed by atoms with Gasteiger partial charge in [-0.1, -0.05) is 51.1 Å². The van der Waals surface area contributed by atoms with E-state index in [1.807, 2.05) is 0 Å². The van der Waals surface area contributed by atoms with Crippen LogP contribution in [-0.4, -0.2) is 11.9 Å². The van der Waals surface area contributed by atoms with Gasteiger partial charge in [0, 0.05) is 5.92 Å². The highest BCUT2D eigenvalue weighted by Gasteiger charge is 2.44. The quantitative estimate of drug-likeness (QED) is 0.509. The van der Waals surface area contributed by atoms with Crippen LogP contribution in [0.25, 0.3) is 0 Å². The standard InChI is InChI=1S/C23H27FN2O3S/c1-13(15-7-10-17(20(24)11-15)22(28)29-30-25)26-21(27)19-12-18(19)14-5-8-16(9-6-14)23(2,3)4/h5-11,13,18-19H,12,25H2,1-4H3,(H,26,27)/t13-,18?,19?/m1/s1. The van der Waals surface area contributed by atoms with Crippen LogP contribution in [0.3, 0.4) is 0 Å². The maximum absolute atomic E-state index is 14.2. The first-order chi connectivity index (χ1) is 14.1. The van der Waals surface area contributed by atoms with Crippen LogP contribution in [0.2, 0.25) is 0 Å². The number of rotatable bonds is 6. The second kappa shape index (κ2) is 8.78. The molecule has 7 heteroatoms. The maximum atomic E-state index is 14.2. The highest BCUT2D eigenvalue weighted by molar-refractivity contribution is 7.92. The highest BCUT2D eigenvalue weighted by atomic mass is 32.2. The Morgan fingerprint density at radius 2 is 1.87 bits per heavy atom. The average Bonchev–Trinajstić information content (AvgIpc) is 3.48. The van der Waals surface area contributed by atoms with Gasteiger partial charge >= 0.3 is 5.97 Å². The van der Waals surface area contributed by atoms with Crippen molar-refractivity contribution in [3.05, 3.63) is 70.5 Å². The van der Waals surface area contributed by atoms with E-state index in [1.54, 1.807) is 13.0 Å². The zero-order valence-electron chi connectivity index (χ0n) is 17.6. The molecule has 1 saturated carbocycles. The summed E-state index contributed by atoms with van der Waals surface area (Å²) in [6.45, 7) is 8.31. The summed E-state index contributed by atoms with van der Waals surface area (Å²) in [6.07, 6.45) is 0.809. The smallest absolute Gasteiger partial charge is 0.354 e. The number of carbonyl (C=O) groups is 2. The second-order valence-electron chi connectivity index (χ2n) is 8.76. The molecule has 1 aliphatic rings. The molecular weight excluding hydrogens is 403 g/mol. The van der Waals surface area contributed by atoms with Gasteiger partial charge in [0.25, 0.3) is 0 Å². The summed E-state index contributed by atoms with van der Waals surface area (Å²) in [7, 11) is 0. The Bertz CT molecular complexity index is 940. The van der Waals surface area contributed by atoms with Crippen molar-refractivity contribution in [3.63, 3.8) is 0 Å². The summed E-state index contributed by atoms with van der Waals surface area (Å²) < 4.78 is 18.8. The number of benzene rings is 2. The molecule has 0 radical (unpaired) electrons. The summed E-state index contributed by atoms with van der Waals surface area (Å²) in [4.78, 5) is 24.3. The molecule has 0 bridgehead atoms. The number of hydrogen-bond acceptors (Lipinski definition) is 5. The molecular formula is C23H27FN2O3S. The summed E-state index contributed by atoms with van der Waals surface area (Å²) in [5, 5.41) is 8.02. The molecule has 0 aliphatic heterocycles. The molecule has 0 aromatic heterocycles. The van der Waals surface area contributed by atoms with Crippen LogP contribution in [0.1, 0.15) is 73.1 Å². The predicted molar refractivity (Wildman–Crippen MR) is 116 cm³/mol. The van der Waals surface area contributed by atoms with E-state index in [0.717, 1.165) is 6.42 Å². The fourth-order valence-electron chi connectivity index (χ4n) is 3.54. The number of nitrogens with one attached hydrogen (secondary N) is 1. The Morgan fingerprint density at radius 1 is 1.20 bits per heavy atom. The van der Waals surface area contributed by atoms with E-state index >= 15 is 0 Å². The number of amides is 1. The van der Waals surface area contributed by atoms with Crippen LogP contribution in [0.15, 0.2) is 42.5 Å². The maximum Gasteiger partial charge on any atom is 0.354 e. The van der Waals surface area contributed by atoms with Gasteiger partial charge in [-0.05, 0) is 53.5 Å². The van der Waals surface area contributed by atoms with Gasteiger partial charge in [-0.25, -0.2) is 14.3 Å². The lowest BCUT2D eigenvalue weighted by atomic mass is 9.86. The molecule has 3 N–H and O–H groups in total. The number of nitrogens with two attached hydrogens (primary N) is 1. The lowest BCUT2D eigenvalue weighted by Gasteiger charge is -2.19. The summed E-state index contributed by atoms with van der Waals surface area (Å²) in [5.41, 5.74) is 2.91. The molecule has 3 atom stereocenters. The largest absolute Gasteiger partial charge is 0.371 e. The van der Waals surface area contributed by atoms with Gasteiger partial charge in [-0.3, -0.25) is 4.79 Å². The Labute approximate surface area is 180 Å². The minimum Gasteiger partial charge on any atom is -0.371 e. The third-order valence-corrected chi connectivity index (χ3v) is 5.78. The number of carbonyl (C=O) groups excluding carboxylic acids is 2. The molecule has 160 valence electrons. The number of hydrogen-bond donors (Lipinski definition) is 2. The van der Waals surface area contributed by atoms with Gasteiger partial charge in [0.15, 0.2) is 0 Å². The van der Waals surface area contributed by atoms with Crippen molar-refractivity contribution in [2.24, 2.45) is 11.1 Å². The number of halogens is 1. The first-order valence-electron chi connectivity index (χ1n) is 9.90. The van der Waals surface area contributed by atoms with Gasteiger partial charge in [0.05, 0.1) is 11.6 Å². The first kappa shape index (κ1) is 22.3. The molecule has 2 aromatic rings. The zero-order chi connectivity index (χ0) is 22.1. The summed E-state index contributed by atoms with van der Waals surface area (Å²) in [6, 6.07) is 12.3. The molecule has 1 aliphatic carbocycles. The van der Waals surface area contributed by atoms with E-state index in [0.29, 0.717) is 17.8 Å². The van der Waals surface area contributed by atoms with Crippen molar-refractivity contribution >= 4 is 24.1 Å². The Morgan fingerprint density at radius 3 is 2.43 bits per heavy atom. The van der Waals surface area contributed by atoms with Crippen molar-refractivity contribution in [2.45, 2.75) is 51.5 Å². The zero-order valence-corrected chi connectivity index (χ0v) is 18.4. The van der Waals surface area contributed by atoms with Crippen molar-refractivity contribution in [3.8, 4) is 0 Å². The van der Waals surface area contributed by atoms with Gasteiger partial charge in [-0.15, -0.1) is 0 Å². The summed E-state index contributed by atoms with van der Waals surface area (Å²) in [5.74, 6) is -1.46. The normalized spacial score (nSPS) is 19.1. The molecule has 2 unspecified atom stereocenters. The molecule has 0 spiro atoms. The highest BCUT2D eigenvalue weighted by Crippen LogP contribution is 2.48. The predicted octanol–water partition coefficient (Wildman–Crippen LogP) is 4.78. The lowest BCUT2D eigenvalue weighted by molar-refractivity contribution is -0.123. The minimum atomic E-state index is -0.846. The van der Waals surface area contributed by atoms with Crippen molar-refractivity contribution < 1.29 is 18.2 Å². The molecule has 5 nitrogen and oxygen atoms in total. The van der Waals surface area contributed by atoms with Gasteiger partial charge in [0.2, 0.25) is 5.91 Å². The van der Waals surface area contributed by atoms with Crippen LogP contribution >= 0.6 is 12.2 Å². The molecule has 1 amide bonds. The van der Waals surface area contributed by atoms with E-state index < -0.39 is 11.8 Å². The Balaban J connectivity index is 1.60. The van der Waals surface area contributed by atoms with E-state index in [4.69, 9.17) is 5.14 Å². The van der Waals surface area contributed by atoms with E-state index in [-0.39, 0.29) is 34.8 Å². The van der Waals surface area contributed by atoms with Crippen molar-refractivity contribution in [2.75, 3.05) is 0 Å². The monoisotopic (exact) mass is 430 g/mol. The Kier molecular flexibility index (Phi) is 6.53. The van der Waals surface area contributed by atoms with Crippen LogP contribution in [0, 0.1) is 11.7 Å². The molecule has 2 aromatic carbocycles. The molecule has 3 rings (SSSR count). The van der Waals surface area contributed by atoms with Gasteiger partial charge in [-0.2, -0.15) is 0 Å². The van der Waals surface area contributed by atoms with E-state index in [9.17, 15) is 14.0 Å². The molecule has 0 saturated heterocycles. The molecule has 0 heterocycles. The molecule has 30 heavy (non-hydrogen) atoms. The summed E-state index contributed by atoms with van der Waals surface area (Å²) >= 11 is 0.369. The average molecular weight is 431 g/mol. The van der Waals surface area contributed by atoms with E-state index in [2.05, 4.69) is 54.5 Å². The topological polar surface area (TPSA) is 81.4 Å². The third kappa shape index (κ3) is 5.02. The van der Waals surface area contributed by atoms with Crippen molar-refractivity contribution in [1.82, 2.24) is 5.32 Å². The van der Waals surface area contributed by atoms with Gasteiger partial charge < -0.3 is 9.50 Å². The van der Waals surface area contributed by atoms with E-state index in [1.165, 1.54) is 23.3 Å². The molecule has 1 fully saturated rings. The second-order valence-corrected chi connectivity index (χ2v) is 9.12. The SMILES string of the molecule is C[C@@H](NC(=O)C1CC1c1ccc(C(C)(C)C)cc1)c1ccc(C(=O)OSN)c(F)c1. The fraction of sp³-hybridized carbons (Fsp3) is 0.391. The fourth-order valence-corrected chi connectivity index (χ4v) is 3.72. The van der Waals surface area contributed by atoms with Crippen molar-refractivity contribution in [1.29, 1.82) is 0 Å². The first-order valence-corrected chi connectivity index (χ1v) is 10.7.